The Labute approximate surface area is 243 Å². The Hall–Kier alpha value is -4.10. The summed E-state index contributed by atoms with van der Waals surface area (Å²) in [4.78, 5) is 54.8. The van der Waals surface area contributed by atoms with Crippen molar-refractivity contribution in [2.45, 2.75) is 50.8 Å². The zero-order valence-electron chi connectivity index (χ0n) is 24.4. The number of ketones is 2. The molecule has 7 N–H and O–H groups in total. The van der Waals surface area contributed by atoms with Gasteiger partial charge in [-0.05, 0) is 50.9 Å². The summed E-state index contributed by atoms with van der Waals surface area (Å²) in [6.45, 7) is 2.05. The molecule has 1 aromatic rings. The lowest BCUT2D eigenvalue weighted by Crippen LogP contribution is -2.65. The third kappa shape index (κ3) is 4.75. The van der Waals surface area contributed by atoms with Crippen LogP contribution in [0.4, 0.5) is 10.5 Å². The zero-order valence-corrected chi connectivity index (χ0v) is 24.4. The summed E-state index contributed by atoms with van der Waals surface area (Å²) in [5.74, 6) is -7.15. The van der Waals surface area contributed by atoms with Gasteiger partial charge in [-0.15, -0.1) is 0 Å². The number of hydrogen-bond donors (Lipinski definition) is 6. The van der Waals surface area contributed by atoms with Gasteiger partial charge in [-0.3, -0.25) is 19.3 Å². The van der Waals surface area contributed by atoms with E-state index in [4.69, 9.17) is 10.5 Å². The van der Waals surface area contributed by atoms with Gasteiger partial charge in [0.25, 0.3) is 5.91 Å². The minimum Gasteiger partial charge on any atom is -0.508 e. The van der Waals surface area contributed by atoms with E-state index in [-0.39, 0.29) is 48.4 Å². The number of carbonyl (C=O) groups excluding carboxylic acids is 4. The average Bonchev–Trinajstić information content (AvgIpc) is 2.89. The van der Waals surface area contributed by atoms with Gasteiger partial charge in [0.15, 0.2) is 11.4 Å². The highest BCUT2D eigenvalue weighted by molar-refractivity contribution is 6.24. The summed E-state index contributed by atoms with van der Waals surface area (Å²) in [5, 5.41) is 48.1. The third-order valence-electron chi connectivity index (χ3n) is 8.41. The number of rotatable bonds is 8. The van der Waals surface area contributed by atoms with Crippen LogP contribution in [0.3, 0.4) is 0 Å². The lowest BCUT2D eigenvalue weighted by atomic mass is 9.57. The number of aliphatic hydroxyl groups excluding tert-OH is 2. The number of phenols is 1. The summed E-state index contributed by atoms with van der Waals surface area (Å²) < 4.78 is 5.11. The van der Waals surface area contributed by atoms with Gasteiger partial charge in [0.1, 0.15) is 22.8 Å². The first-order chi connectivity index (χ1) is 19.7. The minimum atomic E-state index is -2.72. The Bertz CT molecular complexity index is 1410. The molecular formula is C29H38N4O9. The van der Waals surface area contributed by atoms with Crippen LogP contribution in [0, 0.1) is 11.8 Å². The molecule has 13 nitrogen and oxygen atoms in total. The van der Waals surface area contributed by atoms with Crippen molar-refractivity contribution in [1.29, 1.82) is 0 Å². The number of phenolic OH excluding ortho intramolecular Hbond substituents is 1. The van der Waals surface area contributed by atoms with Crippen molar-refractivity contribution in [3.63, 3.8) is 0 Å². The monoisotopic (exact) mass is 586 g/mol. The second kappa shape index (κ2) is 11.3. The molecule has 4 atom stereocenters. The quantitative estimate of drug-likeness (QED) is 0.188. The largest absolute Gasteiger partial charge is 0.508 e. The van der Waals surface area contributed by atoms with Crippen molar-refractivity contribution in [3.05, 3.63) is 39.7 Å². The van der Waals surface area contributed by atoms with Crippen molar-refractivity contribution in [1.82, 2.24) is 10.2 Å². The standard InChI is InChI=1S/C29H38N4O9/c1-6-7-8-42-28(40)31-12-14-11-17(32(2)3)15-9-13-10-16-21(33(4)5)24(36)20(27(30)39)26(38)29(16,41)25(37)18(13)23(35)19(15)22(14)34/h11,13,16,21,34-35,38,41H,6-10,12H2,1-5H3,(H2,30,39)(H,31,40)/t13?,16?,21-,29+/m1/s1. The molecule has 3 aliphatic carbocycles. The highest BCUT2D eigenvalue weighted by Gasteiger charge is 2.64. The number of likely N-dealkylation sites (N-methyl/N-ethyl adjacent to an activating group) is 1. The number of carbonyl (C=O) groups is 4. The first kappa shape index (κ1) is 30.8. The average molecular weight is 587 g/mol. The van der Waals surface area contributed by atoms with Crippen LogP contribution in [0.25, 0.3) is 5.76 Å². The van der Waals surface area contributed by atoms with Crippen LogP contribution in [0.1, 0.15) is 42.9 Å². The Balaban J connectivity index is 1.85. The van der Waals surface area contributed by atoms with E-state index >= 15 is 0 Å². The van der Waals surface area contributed by atoms with E-state index in [0.29, 0.717) is 17.7 Å². The summed E-state index contributed by atoms with van der Waals surface area (Å²) in [6.07, 6.45) is 1.01. The number of hydrogen-bond acceptors (Lipinski definition) is 11. The number of anilines is 1. The fraction of sp³-hybridized carbons (Fsp3) is 0.517. The number of aliphatic hydroxyl groups is 3. The van der Waals surface area contributed by atoms with E-state index in [1.54, 1.807) is 39.2 Å². The van der Waals surface area contributed by atoms with Crippen LogP contribution < -0.4 is 16.0 Å². The van der Waals surface area contributed by atoms with Gasteiger partial charge >= 0.3 is 6.09 Å². The highest BCUT2D eigenvalue weighted by atomic mass is 16.5. The molecule has 2 unspecified atom stereocenters. The third-order valence-corrected chi connectivity index (χ3v) is 8.41. The van der Waals surface area contributed by atoms with E-state index in [9.17, 15) is 39.6 Å². The molecule has 2 amide bonds. The maximum atomic E-state index is 14.0. The van der Waals surface area contributed by atoms with E-state index in [0.717, 1.165) is 6.42 Å². The predicted molar refractivity (Wildman–Crippen MR) is 152 cm³/mol. The smallest absolute Gasteiger partial charge is 0.407 e. The molecule has 3 aliphatic rings. The maximum Gasteiger partial charge on any atom is 0.407 e. The molecule has 1 aromatic carbocycles. The van der Waals surface area contributed by atoms with Crippen molar-refractivity contribution in [3.8, 4) is 5.75 Å². The molecule has 0 radical (unpaired) electrons. The highest BCUT2D eigenvalue weighted by Crippen LogP contribution is 2.54. The molecule has 42 heavy (non-hydrogen) atoms. The van der Waals surface area contributed by atoms with Gasteiger partial charge in [-0.2, -0.15) is 0 Å². The van der Waals surface area contributed by atoms with Gasteiger partial charge in [0.05, 0.1) is 18.2 Å². The minimum absolute atomic E-state index is 0.00764. The van der Waals surface area contributed by atoms with Gasteiger partial charge in [0, 0.05) is 43.4 Å². The first-order valence-corrected chi connectivity index (χ1v) is 13.8. The molecule has 0 aliphatic heterocycles. The van der Waals surface area contributed by atoms with Crippen molar-refractivity contribution in [2.24, 2.45) is 17.6 Å². The maximum absolute atomic E-state index is 14.0. The van der Waals surface area contributed by atoms with Crippen LogP contribution in [-0.4, -0.2) is 95.3 Å². The normalized spacial score (nSPS) is 25.2. The lowest BCUT2D eigenvalue weighted by Gasteiger charge is -2.50. The van der Waals surface area contributed by atoms with E-state index in [1.807, 2.05) is 6.92 Å². The molecule has 0 bridgehead atoms. The number of primary amides is 1. The van der Waals surface area contributed by atoms with Crippen molar-refractivity contribution in [2.75, 3.05) is 39.7 Å². The summed E-state index contributed by atoms with van der Waals surface area (Å²) in [5.41, 5.74) is 2.87. The number of nitrogens with two attached hydrogens (primary N) is 1. The van der Waals surface area contributed by atoms with Crippen LogP contribution in [-0.2, 0) is 32.1 Å². The van der Waals surface area contributed by atoms with Crippen molar-refractivity contribution >= 4 is 35.0 Å². The van der Waals surface area contributed by atoms with Gasteiger partial charge in [-0.1, -0.05) is 13.3 Å². The predicted octanol–water partition coefficient (Wildman–Crippen LogP) is 1.06. The molecular weight excluding hydrogens is 548 g/mol. The number of fused-ring (bicyclic) bond motifs is 3. The molecule has 0 aromatic heterocycles. The Kier molecular flexibility index (Phi) is 8.29. The Morgan fingerprint density at radius 3 is 2.40 bits per heavy atom. The number of unbranched alkanes of at least 4 members (excludes halogenated alkanes) is 1. The SMILES string of the molecule is CCCCOC(=O)NCc1cc(N(C)C)c2c(c1O)C(O)=C1C(=O)[C@]3(O)C(O)=C(C(N)=O)C(=O)[C@H](N(C)C)C3CC1C2. The van der Waals surface area contributed by atoms with Gasteiger partial charge < -0.3 is 41.1 Å². The Morgan fingerprint density at radius 2 is 1.83 bits per heavy atom. The van der Waals surface area contributed by atoms with Gasteiger partial charge in [0.2, 0.25) is 5.78 Å². The summed E-state index contributed by atoms with van der Waals surface area (Å²) in [7, 11) is 6.62. The number of nitrogens with one attached hydrogen (secondary N) is 1. The number of amides is 2. The first-order valence-electron chi connectivity index (χ1n) is 13.8. The molecule has 0 spiro atoms. The topological polar surface area (TPSA) is 203 Å². The molecule has 1 saturated carbocycles. The zero-order chi connectivity index (χ0) is 31.3. The molecule has 0 heterocycles. The number of benzene rings is 1. The van der Waals surface area contributed by atoms with Crippen molar-refractivity contribution < 1.29 is 44.3 Å². The van der Waals surface area contributed by atoms with E-state index in [1.165, 1.54) is 4.90 Å². The second-order valence-corrected chi connectivity index (χ2v) is 11.5. The molecule has 13 heteroatoms. The number of Topliss-reactive ketones (excluding diaryl/α,β-unsaturated/α-hetero) is 2. The molecule has 228 valence electrons. The van der Waals surface area contributed by atoms with Gasteiger partial charge in [-0.25, -0.2) is 4.79 Å². The molecule has 1 fully saturated rings. The Morgan fingerprint density at radius 1 is 1.17 bits per heavy atom. The number of ether oxygens (including phenoxy) is 1. The number of nitrogens with zero attached hydrogens (tertiary/aromatic N) is 2. The fourth-order valence-electron chi connectivity index (χ4n) is 6.41. The van der Waals surface area contributed by atoms with Crippen LogP contribution in [0.5, 0.6) is 5.75 Å². The summed E-state index contributed by atoms with van der Waals surface area (Å²) >= 11 is 0. The van der Waals surface area contributed by atoms with Crippen LogP contribution in [0.2, 0.25) is 0 Å². The second-order valence-electron chi connectivity index (χ2n) is 11.5. The van der Waals surface area contributed by atoms with E-state index < -0.39 is 64.1 Å². The number of aromatic hydroxyl groups is 1. The molecule has 0 saturated heterocycles. The fourth-order valence-corrected chi connectivity index (χ4v) is 6.41. The lowest BCUT2D eigenvalue weighted by molar-refractivity contribution is -0.153. The summed E-state index contributed by atoms with van der Waals surface area (Å²) in [6, 6.07) is 0.509. The van der Waals surface area contributed by atoms with Crippen LogP contribution in [0.15, 0.2) is 23.0 Å². The van der Waals surface area contributed by atoms with Crippen LogP contribution >= 0.6 is 0 Å². The van der Waals surface area contributed by atoms with E-state index in [2.05, 4.69) is 5.32 Å². The number of alkyl carbamates (subject to hydrolysis) is 1. The molecule has 4 rings (SSSR count).